The lowest BCUT2D eigenvalue weighted by molar-refractivity contribution is -0.120. The van der Waals surface area contributed by atoms with E-state index in [1.165, 1.54) is 0 Å². The highest BCUT2D eigenvalue weighted by Gasteiger charge is 2.07. The summed E-state index contributed by atoms with van der Waals surface area (Å²) in [4.78, 5) is 15.1. The number of hydrogen-bond acceptors (Lipinski definition) is 3. The highest BCUT2D eigenvalue weighted by atomic mass is 79.9. The van der Waals surface area contributed by atoms with Crippen LogP contribution in [0.15, 0.2) is 18.3 Å². The molecular weight excluding hydrogens is 260 g/mol. The molecule has 0 aromatic carbocycles. The lowest BCUT2D eigenvalue weighted by atomic mass is 10.2. The second-order valence-corrected chi connectivity index (χ2v) is 4.41. The van der Waals surface area contributed by atoms with Gasteiger partial charge in [-0.1, -0.05) is 15.9 Å². The molecule has 5 heteroatoms. The number of pyridine rings is 1. The highest BCUT2D eigenvalue weighted by molar-refractivity contribution is 9.10. The van der Waals surface area contributed by atoms with Gasteiger partial charge in [0.15, 0.2) is 0 Å². The molecule has 4 nitrogen and oxygen atoms in total. The average Bonchev–Trinajstić information content (AvgIpc) is 2.26. The van der Waals surface area contributed by atoms with Crippen LogP contribution in [-0.4, -0.2) is 22.8 Å². The van der Waals surface area contributed by atoms with E-state index in [0.29, 0.717) is 12.4 Å². The van der Waals surface area contributed by atoms with Crippen LogP contribution in [0.2, 0.25) is 0 Å². The van der Waals surface area contributed by atoms with Crippen LogP contribution in [0.5, 0.6) is 5.88 Å². The number of rotatable bonds is 4. The molecule has 0 saturated heterocycles. The molecular formula is C10H13BrN2O2. The van der Waals surface area contributed by atoms with Crippen molar-refractivity contribution in [1.82, 2.24) is 10.3 Å². The Labute approximate surface area is 97.2 Å². The zero-order valence-electron chi connectivity index (χ0n) is 8.66. The van der Waals surface area contributed by atoms with Crippen LogP contribution in [0, 0.1) is 0 Å². The number of ether oxygens (including phenoxy) is 1. The van der Waals surface area contributed by atoms with Gasteiger partial charge in [-0.3, -0.25) is 4.79 Å². The molecule has 0 aliphatic rings. The second kappa shape index (κ2) is 5.70. The van der Waals surface area contributed by atoms with E-state index in [9.17, 15) is 4.79 Å². The zero-order valence-corrected chi connectivity index (χ0v) is 10.2. The molecule has 1 heterocycles. The van der Waals surface area contributed by atoms with Gasteiger partial charge >= 0.3 is 0 Å². The van der Waals surface area contributed by atoms with E-state index in [-0.39, 0.29) is 10.7 Å². The summed E-state index contributed by atoms with van der Waals surface area (Å²) >= 11 is 3.19. The number of carbonyl (C=O) groups excluding carboxylic acids is 1. The molecule has 0 saturated carbocycles. The van der Waals surface area contributed by atoms with Gasteiger partial charge < -0.3 is 10.1 Å². The molecule has 0 fully saturated rings. The fourth-order valence-corrected chi connectivity index (χ4v) is 1.16. The summed E-state index contributed by atoms with van der Waals surface area (Å²) in [5.41, 5.74) is 0.961. The Bertz CT molecular complexity index is 342. The van der Waals surface area contributed by atoms with Crippen molar-refractivity contribution in [1.29, 1.82) is 0 Å². The Balaban J connectivity index is 2.54. The third kappa shape index (κ3) is 3.87. The van der Waals surface area contributed by atoms with Gasteiger partial charge in [-0.2, -0.15) is 0 Å². The predicted octanol–water partition coefficient (Wildman–Crippen LogP) is 1.49. The lowest BCUT2D eigenvalue weighted by Crippen LogP contribution is -2.28. The molecule has 1 atom stereocenters. The number of amides is 1. The van der Waals surface area contributed by atoms with Gasteiger partial charge in [0.1, 0.15) is 0 Å². The van der Waals surface area contributed by atoms with Crippen molar-refractivity contribution in [3.8, 4) is 5.88 Å². The van der Waals surface area contributed by atoms with Crippen molar-refractivity contribution in [2.45, 2.75) is 18.3 Å². The third-order valence-corrected chi connectivity index (χ3v) is 2.25. The van der Waals surface area contributed by atoms with Gasteiger partial charge in [0.2, 0.25) is 11.8 Å². The molecule has 1 rings (SSSR count). The van der Waals surface area contributed by atoms with Gasteiger partial charge in [0.25, 0.3) is 0 Å². The van der Waals surface area contributed by atoms with Crippen molar-refractivity contribution in [2.24, 2.45) is 0 Å². The standard InChI is InChI=1S/C10H13BrN2O2/c1-7(11)10(14)13-6-8-3-4-12-9(5-8)15-2/h3-5,7H,6H2,1-2H3,(H,13,14). The number of halogens is 1. The Morgan fingerprint density at radius 3 is 3.07 bits per heavy atom. The van der Waals surface area contributed by atoms with Gasteiger partial charge in [0.05, 0.1) is 11.9 Å². The molecule has 0 aliphatic carbocycles. The number of hydrogen-bond donors (Lipinski definition) is 1. The predicted molar refractivity (Wildman–Crippen MR) is 61.0 cm³/mol. The van der Waals surface area contributed by atoms with Crippen LogP contribution in [0.3, 0.4) is 0 Å². The Morgan fingerprint density at radius 1 is 1.73 bits per heavy atom. The number of carbonyl (C=O) groups is 1. The third-order valence-electron chi connectivity index (χ3n) is 1.84. The molecule has 1 N–H and O–H groups in total. The van der Waals surface area contributed by atoms with Crippen LogP contribution in [-0.2, 0) is 11.3 Å². The first-order chi connectivity index (χ1) is 7.13. The number of nitrogens with zero attached hydrogens (tertiary/aromatic N) is 1. The van der Waals surface area contributed by atoms with E-state index in [1.807, 2.05) is 6.07 Å². The van der Waals surface area contributed by atoms with E-state index >= 15 is 0 Å². The highest BCUT2D eigenvalue weighted by Crippen LogP contribution is 2.08. The van der Waals surface area contributed by atoms with Crippen molar-refractivity contribution >= 4 is 21.8 Å². The van der Waals surface area contributed by atoms with Gasteiger partial charge in [-0.25, -0.2) is 4.98 Å². The molecule has 82 valence electrons. The Morgan fingerprint density at radius 2 is 2.47 bits per heavy atom. The topological polar surface area (TPSA) is 51.2 Å². The minimum atomic E-state index is -0.179. The van der Waals surface area contributed by atoms with Crippen molar-refractivity contribution in [2.75, 3.05) is 7.11 Å². The number of aromatic nitrogens is 1. The molecule has 1 unspecified atom stereocenters. The summed E-state index contributed by atoms with van der Waals surface area (Å²) in [6, 6.07) is 3.63. The normalized spacial score (nSPS) is 11.9. The zero-order chi connectivity index (χ0) is 11.3. The summed E-state index contributed by atoms with van der Waals surface area (Å²) < 4.78 is 4.98. The number of nitrogens with one attached hydrogen (secondary N) is 1. The minimum Gasteiger partial charge on any atom is -0.481 e. The Hall–Kier alpha value is -1.10. The summed E-state index contributed by atoms with van der Waals surface area (Å²) in [6.07, 6.45) is 1.65. The lowest BCUT2D eigenvalue weighted by Gasteiger charge is -2.07. The van der Waals surface area contributed by atoms with E-state index in [4.69, 9.17) is 4.74 Å². The maximum Gasteiger partial charge on any atom is 0.233 e. The monoisotopic (exact) mass is 272 g/mol. The summed E-state index contributed by atoms with van der Waals surface area (Å²) in [5, 5.41) is 2.78. The molecule has 0 bridgehead atoms. The van der Waals surface area contributed by atoms with Crippen molar-refractivity contribution < 1.29 is 9.53 Å². The quantitative estimate of drug-likeness (QED) is 0.845. The van der Waals surface area contributed by atoms with Crippen LogP contribution >= 0.6 is 15.9 Å². The Kier molecular flexibility index (Phi) is 4.55. The molecule has 1 aromatic rings. The van der Waals surface area contributed by atoms with Crippen molar-refractivity contribution in [3.05, 3.63) is 23.9 Å². The summed E-state index contributed by atoms with van der Waals surface area (Å²) in [5.74, 6) is 0.513. The van der Waals surface area contributed by atoms with Gasteiger partial charge in [-0.05, 0) is 18.6 Å². The second-order valence-electron chi connectivity index (χ2n) is 3.04. The van der Waals surface area contributed by atoms with Crippen LogP contribution in [0.25, 0.3) is 0 Å². The number of alkyl halides is 1. The first kappa shape index (κ1) is 12.0. The van der Waals surface area contributed by atoms with E-state index in [1.54, 1.807) is 26.3 Å². The van der Waals surface area contributed by atoms with E-state index in [0.717, 1.165) is 5.56 Å². The maximum absolute atomic E-state index is 11.3. The van der Waals surface area contributed by atoms with E-state index in [2.05, 4.69) is 26.2 Å². The molecule has 0 radical (unpaired) electrons. The first-order valence-electron chi connectivity index (χ1n) is 4.54. The molecule has 0 spiro atoms. The largest absolute Gasteiger partial charge is 0.481 e. The fourth-order valence-electron chi connectivity index (χ4n) is 1.00. The average molecular weight is 273 g/mol. The van der Waals surface area contributed by atoms with Gasteiger partial charge in [-0.15, -0.1) is 0 Å². The molecule has 1 aromatic heterocycles. The van der Waals surface area contributed by atoms with Crippen LogP contribution in [0.4, 0.5) is 0 Å². The maximum atomic E-state index is 11.3. The fraction of sp³-hybridized carbons (Fsp3) is 0.400. The van der Waals surface area contributed by atoms with E-state index < -0.39 is 0 Å². The minimum absolute atomic E-state index is 0.0363. The SMILES string of the molecule is COc1cc(CNC(=O)C(C)Br)ccn1. The first-order valence-corrected chi connectivity index (χ1v) is 5.45. The van der Waals surface area contributed by atoms with Crippen LogP contribution in [0.1, 0.15) is 12.5 Å². The molecule has 15 heavy (non-hydrogen) atoms. The smallest absolute Gasteiger partial charge is 0.233 e. The molecule has 1 amide bonds. The van der Waals surface area contributed by atoms with Crippen LogP contribution < -0.4 is 10.1 Å². The summed E-state index contributed by atoms with van der Waals surface area (Å²) in [6.45, 7) is 2.26. The number of methoxy groups -OCH3 is 1. The van der Waals surface area contributed by atoms with Gasteiger partial charge in [0, 0.05) is 18.8 Å². The summed E-state index contributed by atoms with van der Waals surface area (Å²) in [7, 11) is 1.56. The molecule has 0 aliphatic heterocycles. The van der Waals surface area contributed by atoms with Crippen molar-refractivity contribution in [3.63, 3.8) is 0 Å².